The molecule has 0 radical (unpaired) electrons. The predicted molar refractivity (Wildman–Crippen MR) is 585 cm³/mol. The van der Waals surface area contributed by atoms with Gasteiger partial charge in [-0.15, -0.1) is 11.3 Å². The highest BCUT2D eigenvalue weighted by Gasteiger charge is 2.47. The Kier molecular flexibility index (Phi) is 18.9. The molecule has 8 aliphatic carbocycles. The van der Waals surface area contributed by atoms with Crippen LogP contribution in [0.25, 0.3) is 181 Å². The van der Waals surface area contributed by atoms with Crippen molar-refractivity contribution in [1.82, 2.24) is 4.57 Å². The summed E-state index contributed by atoms with van der Waals surface area (Å²) in [5.74, 6) is 0. The first-order valence-corrected chi connectivity index (χ1v) is 50.1. The smallest absolute Gasteiger partial charge is 0.143 e. The fourth-order valence-electron chi connectivity index (χ4n) is 25.0. The second-order valence-electron chi connectivity index (χ2n) is 39.3. The van der Waals surface area contributed by atoms with Crippen molar-refractivity contribution in [2.24, 2.45) is 0 Å². The van der Waals surface area contributed by atoms with Crippen molar-refractivity contribution in [2.45, 2.75) is 63.2 Å². The molecule has 8 aliphatic rings. The van der Waals surface area contributed by atoms with Gasteiger partial charge in [-0.25, -0.2) is 0 Å². The summed E-state index contributed by atoms with van der Waals surface area (Å²) in [7, 11) is 0. The minimum atomic E-state index is -0.307. The second-order valence-corrected chi connectivity index (χ2v) is 40.3. The maximum Gasteiger partial charge on any atom is 0.143 e. The van der Waals surface area contributed by atoms with E-state index in [1.165, 1.54) is 258 Å². The number of thiophene rings is 1. The van der Waals surface area contributed by atoms with Crippen LogP contribution in [0.1, 0.15) is 114 Å². The third-order valence-electron chi connectivity index (χ3n) is 31.4. The Morgan fingerprint density at radius 1 is 0.214 bits per heavy atom. The summed E-state index contributed by atoms with van der Waals surface area (Å²) >= 11 is 1.93. The number of benzene rings is 21. The van der Waals surface area contributed by atoms with Gasteiger partial charge >= 0.3 is 0 Å². The number of nitrogens with zero attached hydrogens (tertiary/aromatic N) is 1. The third-order valence-corrected chi connectivity index (χ3v) is 32.6. The molecule has 0 aliphatic heterocycles. The lowest BCUT2D eigenvalue weighted by Crippen LogP contribution is -2.28. The molecule has 4 aromatic heterocycles. The van der Waals surface area contributed by atoms with Gasteiger partial charge in [0, 0.05) is 74.7 Å². The molecule has 3 nitrogen and oxygen atoms in total. The zero-order valence-corrected chi connectivity index (χ0v) is 78.5. The molecule has 4 heterocycles. The molecule has 0 atom stereocenters. The van der Waals surface area contributed by atoms with Crippen LogP contribution in [0.3, 0.4) is 0 Å². The highest BCUT2D eigenvalue weighted by atomic mass is 32.1. The third kappa shape index (κ3) is 12.9. The summed E-state index contributed by atoms with van der Waals surface area (Å²) in [4.78, 5) is 0. The van der Waals surface area contributed by atoms with Crippen LogP contribution in [0.15, 0.2) is 464 Å². The van der Waals surface area contributed by atoms with E-state index in [-0.39, 0.29) is 10.8 Å². The minimum Gasteiger partial charge on any atom is -0.456 e. The van der Waals surface area contributed by atoms with Crippen molar-refractivity contribution >= 4 is 97.2 Å². The van der Waals surface area contributed by atoms with Crippen LogP contribution in [0.2, 0.25) is 0 Å². The quantitative estimate of drug-likeness (QED) is 0.177. The highest BCUT2D eigenvalue weighted by molar-refractivity contribution is 7.26. The van der Waals surface area contributed by atoms with Crippen molar-refractivity contribution in [2.75, 3.05) is 0 Å². The summed E-state index contributed by atoms with van der Waals surface area (Å²) in [5.41, 5.74) is 55.4. The van der Waals surface area contributed by atoms with Crippen LogP contribution in [-0.2, 0) is 49.4 Å². The molecule has 0 amide bonds. The van der Waals surface area contributed by atoms with Gasteiger partial charge in [0.15, 0.2) is 0 Å². The number of furan rings is 2. The number of hydrogen-bond acceptors (Lipinski definition) is 3. The van der Waals surface area contributed by atoms with Crippen molar-refractivity contribution in [3.05, 3.63) is 555 Å². The Hall–Kier alpha value is -16.8. The van der Waals surface area contributed by atoms with E-state index in [2.05, 4.69) is 449 Å². The van der Waals surface area contributed by atoms with Gasteiger partial charge in [-0.3, -0.25) is 0 Å². The van der Waals surface area contributed by atoms with E-state index in [1.54, 1.807) is 0 Å². The van der Waals surface area contributed by atoms with Gasteiger partial charge in [0.1, 0.15) is 22.3 Å². The van der Waals surface area contributed by atoms with Crippen molar-refractivity contribution in [3.63, 3.8) is 0 Å². The summed E-state index contributed by atoms with van der Waals surface area (Å²) in [6.45, 7) is 4.71. The Morgan fingerprint density at radius 3 is 1.19 bits per heavy atom. The number of hydrogen-bond donors (Lipinski definition) is 0. The molecule has 0 N–H and O–H groups in total. The molecule has 140 heavy (non-hydrogen) atoms. The largest absolute Gasteiger partial charge is 0.456 e. The molecular weight excluding hydrogens is 1710 g/mol. The van der Waals surface area contributed by atoms with E-state index in [0.29, 0.717) is 0 Å². The van der Waals surface area contributed by atoms with Crippen LogP contribution in [0.5, 0.6) is 0 Å². The molecule has 4 heteroatoms. The summed E-state index contributed by atoms with van der Waals surface area (Å²) < 4.78 is 17.4. The maximum atomic E-state index is 6.15. The van der Waals surface area contributed by atoms with Gasteiger partial charge < -0.3 is 13.4 Å². The second kappa shape index (κ2) is 32.5. The Bertz CT molecular complexity index is 9200. The fraction of sp³-hybridized carbons (Fsp3) is 0.0735. The van der Waals surface area contributed by atoms with Gasteiger partial charge in [0.25, 0.3) is 0 Å². The zero-order valence-electron chi connectivity index (χ0n) is 77.7. The molecule has 33 rings (SSSR count). The molecular formula is C136H93NO2S. The van der Waals surface area contributed by atoms with Crippen LogP contribution in [-0.4, -0.2) is 4.57 Å². The minimum absolute atomic E-state index is 0.107. The van der Waals surface area contributed by atoms with Gasteiger partial charge in [0.2, 0.25) is 0 Å². The SMILES string of the molecule is CC1(C)c2ccccc2-c2cc3c(cc21)Cc1ccccc1-3.c1ccc(-n2c3ccccc3c3cc4c(cc32)Cc2ccccc2-4)cc1.c1ccc(C2(c3ccccc3)c3ccccc3-c3cc4c(cc32)Cc2ccccc2-4)cc1.c1ccc2c(c1)Cc1cc3oc4ccccc4c3cc1-2.c1ccc2c(c1)Cc1ccc3c(oc4ccccc43)c1-2.c1ccc2c(c1)Cc1ccc3c(sc4ccccc43)c1-2. The average molecular weight is 1810 g/mol. The lowest BCUT2D eigenvalue weighted by atomic mass is 9.67. The van der Waals surface area contributed by atoms with E-state index in [4.69, 9.17) is 8.83 Å². The molecule has 0 unspecified atom stereocenters. The summed E-state index contributed by atoms with van der Waals surface area (Å²) in [6, 6.07) is 165. The van der Waals surface area contributed by atoms with Gasteiger partial charge in [0.05, 0.1) is 16.4 Å². The Morgan fingerprint density at radius 2 is 0.607 bits per heavy atom. The first-order valence-electron chi connectivity index (χ1n) is 49.2. The van der Waals surface area contributed by atoms with E-state index in [1.807, 2.05) is 35.6 Å². The monoisotopic (exact) mass is 1800 g/mol. The van der Waals surface area contributed by atoms with Crippen molar-refractivity contribution in [3.8, 4) is 94.7 Å². The zero-order chi connectivity index (χ0) is 92.4. The van der Waals surface area contributed by atoms with Crippen molar-refractivity contribution in [1.29, 1.82) is 0 Å². The number of para-hydroxylation sites is 4. The van der Waals surface area contributed by atoms with Gasteiger partial charge in [-0.1, -0.05) is 396 Å². The van der Waals surface area contributed by atoms with Gasteiger partial charge in [-0.2, -0.15) is 0 Å². The van der Waals surface area contributed by atoms with Crippen LogP contribution in [0, 0.1) is 0 Å². The first-order chi connectivity index (χ1) is 69.2. The van der Waals surface area contributed by atoms with E-state index in [0.717, 1.165) is 60.9 Å². The number of rotatable bonds is 3. The summed E-state index contributed by atoms with van der Waals surface area (Å²) in [5, 5.41) is 10.3. The topological polar surface area (TPSA) is 31.2 Å². The molecule has 660 valence electrons. The molecule has 0 bridgehead atoms. The molecule has 25 aromatic rings. The van der Waals surface area contributed by atoms with Crippen LogP contribution < -0.4 is 0 Å². The van der Waals surface area contributed by atoms with Crippen LogP contribution >= 0.6 is 11.3 Å². The average Bonchev–Trinajstić information content (AvgIpc) is 1.52. The fourth-order valence-corrected chi connectivity index (χ4v) is 26.3. The van der Waals surface area contributed by atoms with E-state index < -0.39 is 0 Å². The normalized spacial score (nSPS) is 13.6. The summed E-state index contributed by atoms with van der Waals surface area (Å²) in [6.07, 6.45) is 6.21. The molecule has 0 saturated heterocycles. The Balaban J connectivity index is 0.0000000832. The van der Waals surface area contributed by atoms with E-state index in [9.17, 15) is 0 Å². The number of fused-ring (bicyclic) bond motifs is 38. The molecule has 0 saturated carbocycles. The molecule has 0 spiro atoms. The van der Waals surface area contributed by atoms with E-state index >= 15 is 0 Å². The highest BCUT2D eigenvalue weighted by Crippen LogP contribution is 2.60. The predicted octanol–water partition coefficient (Wildman–Crippen LogP) is 35.5. The lowest BCUT2D eigenvalue weighted by Gasteiger charge is -2.34. The standard InChI is InChI=1S/C32H22.C25H17N.C22H18.2C19H12O.C19H12S/c1-3-12-24(13-4-1)32(25-14-5-2-6-15-25)30-18-10-9-17-27(30)29-21-28-23(20-31(29)32)19-22-11-7-8-16-26(22)28;1-2-9-19(10-3-1)26-24-13-7-6-12-21(24)23-16-22-18(15-25(23)26)14-17-8-4-5-11-20(17)22;1-22(2)20-10-6-5-9-17(20)19-13-18-15(12-21(19)22)11-14-7-3-4-8-16(14)18;1-2-6-14-12(5-1)9-13-10-19-17(11-16(13)14)15-7-3-4-8-18(15)20-19;2*1-2-6-14-12(5-1)11-13-9-10-16-15-7-3-4-8-17(15)20-19(16)18(13)14/h1-18,20-21H,19H2;1-13,15-16H,14H2;3-10,12-13H,11H2,1-2H3;1-8,10-11H,9H2;2*1-10H,11H2. The first kappa shape index (κ1) is 81.6. The molecule has 21 aromatic carbocycles. The molecule has 0 fully saturated rings. The maximum absolute atomic E-state index is 6.15. The van der Waals surface area contributed by atoms with Crippen molar-refractivity contribution < 1.29 is 8.83 Å². The Labute approximate surface area is 817 Å². The number of aromatic nitrogens is 1. The lowest BCUT2D eigenvalue weighted by molar-refractivity contribution is 0.659. The van der Waals surface area contributed by atoms with Crippen LogP contribution in [0.4, 0.5) is 0 Å². The van der Waals surface area contributed by atoms with Gasteiger partial charge in [-0.05, 0) is 289 Å².